The van der Waals surface area contributed by atoms with Gasteiger partial charge < -0.3 is 10.2 Å². The predicted octanol–water partition coefficient (Wildman–Crippen LogP) is 0.766. The van der Waals surface area contributed by atoms with Crippen molar-refractivity contribution in [2.45, 2.75) is 50.0 Å². The lowest BCUT2D eigenvalue weighted by atomic mass is 9.63. The predicted molar refractivity (Wildman–Crippen MR) is 59.8 cm³/mol. The number of aliphatic hydroxyl groups is 1. The maximum Gasteiger partial charge on any atom is 0.316 e. The molecule has 5 heteroatoms. The van der Waals surface area contributed by atoms with Crippen LogP contribution in [0.25, 0.3) is 0 Å². The molecule has 0 bridgehead atoms. The SMILES string of the molecule is O=C(O)C1(c2n[nH]c3c2CCCC3)CC(O)C1. The Morgan fingerprint density at radius 3 is 2.71 bits per heavy atom. The lowest BCUT2D eigenvalue weighted by Gasteiger charge is -2.41. The van der Waals surface area contributed by atoms with E-state index in [-0.39, 0.29) is 0 Å². The van der Waals surface area contributed by atoms with Crippen molar-refractivity contribution in [3.63, 3.8) is 0 Å². The average Bonchev–Trinajstić information content (AvgIpc) is 2.68. The molecule has 0 unspecified atom stereocenters. The Labute approximate surface area is 98.9 Å². The third kappa shape index (κ3) is 1.42. The Kier molecular flexibility index (Phi) is 2.26. The summed E-state index contributed by atoms with van der Waals surface area (Å²) in [5.41, 5.74) is 1.91. The van der Waals surface area contributed by atoms with Gasteiger partial charge in [0.25, 0.3) is 0 Å². The van der Waals surface area contributed by atoms with E-state index in [1.807, 2.05) is 0 Å². The van der Waals surface area contributed by atoms with Gasteiger partial charge in [-0.15, -0.1) is 0 Å². The molecule has 0 spiro atoms. The summed E-state index contributed by atoms with van der Waals surface area (Å²) in [7, 11) is 0. The van der Waals surface area contributed by atoms with Crippen LogP contribution >= 0.6 is 0 Å². The summed E-state index contributed by atoms with van der Waals surface area (Å²) < 4.78 is 0. The first-order valence-electron chi connectivity index (χ1n) is 6.11. The summed E-state index contributed by atoms with van der Waals surface area (Å²) in [5, 5.41) is 26.0. The second kappa shape index (κ2) is 3.57. The van der Waals surface area contributed by atoms with Gasteiger partial charge in [0.1, 0.15) is 5.41 Å². The van der Waals surface area contributed by atoms with E-state index in [2.05, 4.69) is 10.2 Å². The third-order valence-electron chi connectivity index (χ3n) is 4.09. The number of hydrogen-bond donors (Lipinski definition) is 3. The van der Waals surface area contributed by atoms with Crippen molar-refractivity contribution in [1.29, 1.82) is 0 Å². The summed E-state index contributed by atoms with van der Waals surface area (Å²) >= 11 is 0. The maximum atomic E-state index is 11.5. The third-order valence-corrected chi connectivity index (χ3v) is 4.09. The number of aryl methyl sites for hydroxylation is 1. The lowest BCUT2D eigenvalue weighted by molar-refractivity contribution is -0.153. The molecular weight excluding hydrogens is 220 g/mol. The second-order valence-electron chi connectivity index (χ2n) is 5.19. The fourth-order valence-corrected chi connectivity index (χ4v) is 3.09. The molecule has 3 rings (SSSR count). The fraction of sp³-hybridized carbons (Fsp3) is 0.667. The van der Waals surface area contributed by atoms with E-state index in [4.69, 9.17) is 0 Å². The molecular formula is C12H16N2O3. The summed E-state index contributed by atoms with van der Waals surface area (Å²) in [4.78, 5) is 11.5. The van der Waals surface area contributed by atoms with Crippen molar-refractivity contribution in [3.05, 3.63) is 17.0 Å². The maximum absolute atomic E-state index is 11.5. The molecule has 0 atom stereocenters. The number of aromatic nitrogens is 2. The topological polar surface area (TPSA) is 86.2 Å². The summed E-state index contributed by atoms with van der Waals surface area (Å²) in [6, 6.07) is 0. The normalized spacial score (nSPS) is 31.7. The summed E-state index contributed by atoms with van der Waals surface area (Å²) in [5.74, 6) is -0.859. The van der Waals surface area contributed by atoms with E-state index >= 15 is 0 Å². The molecule has 3 N–H and O–H groups in total. The Hall–Kier alpha value is -1.36. The minimum Gasteiger partial charge on any atom is -0.481 e. The average molecular weight is 236 g/mol. The molecule has 2 aliphatic rings. The van der Waals surface area contributed by atoms with Crippen molar-refractivity contribution in [2.75, 3.05) is 0 Å². The minimum absolute atomic E-state index is 0.291. The molecule has 92 valence electrons. The fourth-order valence-electron chi connectivity index (χ4n) is 3.09. The van der Waals surface area contributed by atoms with Crippen LogP contribution in [-0.4, -0.2) is 32.5 Å². The number of nitrogens with zero attached hydrogens (tertiary/aromatic N) is 1. The Morgan fingerprint density at radius 1 is 1.35 bits per heavy atom. The van der Waals surface area contributed by atoms with Crippen LogP contribution in [-0.2, 0) is 23.1 Å². The highest BCUT2D eigenvalue weighted by Crippen LogP contribution is 2.46. The summed E-state index contributed by atoms with van der Waals surface area (Å²) in [6.45, 7) is 0. The molecule has 0 saturated heterocycles. The summed E-state index contributed by atoms with van der Waals surface area (Å²) in [6.07, 6.45) is 4.18. The van der Waals surface area contributed by atoms with E-state index in [1.54, 1.807) is 0 Å². The van der Waals surface area contributed by atoms with Crippen LogP contribution in [0.3, 0.4) is 0 Å². The molecule has 17 heavy (non-hydrogen) atoms. The van der Waals surface area contributed by atoms with Gasteiger partial charge in [-0.2, -0.15) is 5.10 Å². The molecule has 0 amide bonds. The van der Waals surface area contributed by atoms with Gasteiger partial charge in [0.2, 0.25) is 0 Å². The van der Waals surface area contributed by atoms with E-state index in [9.17, 15) is 15.0 Å². The number of rotatable bonds is 2. The minimum atomic E-state index is -0.944. The highest BCUT2D eigenvalue weighted by Gasteiger charge is 2.54. The van der Waals surface area contributed by atoms with Crippen molar-refractivity contribution >= 4 is 5.97 Å². The van der Waals surface area contributed by atoms with Gasteiger partial charge in [0, 0.05) is 5.69 Å². The monoisotopic (exact) mass is 236 g/mol. The molecule has 0 aromatic carbocycles. The first-order chi connectivity index (χ1) is 8.13. The second-order valence-corrected chi connectivity index (χ2v) is 5.19. The zero-order valence-electron chi connectivity index (χ0n) is 9.57. The number of carboxylic acids is 1. The Balaban J connectivity index is 2.03. The van der Waals surface area contributed by atoms with Crippen LogP contribution in [0.15, 0.2) is 0 Å². The number of hydrogen-bond acceptors (Lipinski definition) is 3. The van der Waals surface area contributed by atoms with Gasteiger partial charge in [-0.3, -0.25) is 9.89 Å². The number of aliphatic hydroxyl groups excluding tert-OH is 1. The molecule has 1 aromatic heterocycles. The standard InChI is InChI=1S/C12H16N2O3/c15-7-5-12(6-7,11(16)17)10-8-3-1-2-4-9(8)13-14-10/h7,15H,1-6H2,(H,13,14)(H,16,17). The Morgan fingerprint density at radius 2 is 2.06 bits per heavy atom. The number of nitrogens with one attached hydrogen (secondary N) is 1. The van der Waals surface area contributed by atoms with Crippen molar-refractivity contribution in [1.82, 2.24) is 10.2 Å². The van der Waals surface area contributed by atoms with Crippen molar-refractivity contribution in [2.24, 2.45) is 0 Å². The molecule has 0 aliphatic heterocycles. The molecule has 1 fully saturated rings. The van der Waals surface area contributed by atoms with Crippen LogP contribution < -0.4 is 0 Å². The van der Waals surface area contributed by atoms with Gasteiger partial charge in [0.15, 0.2) is 0 Å². The lowest BCUT2D eigenvalue weighted by Crippen LogP contribution is -2.51. The van der Waals surface area contributed by atoms with E-state index < -0.39 is 17.5 Å². The van der Waals surface area contributed by atoms with Gasteiger partial charge in [-0.1, -0.05) is 0 Å². The number of carboxylic acid groups (broad SMARTS) is 1. The number of carbonyl (C=O) groups is 1. The van der Waals surface area contributed by atoms with Crippen molar-refractivity contribution < 1.29 is 15.0 Å². The highest BCUT2D eigenvalue weighted by molar-refractivity contribution is 5.83. The van der Waals surface area contributed by atoms with Crippen LogP contribution in [0, 0.1) is 0 Å². The van der Waals surface area contributed by atoms with Crippen LogP contribution in [0.2, 0.25) is 0 Å². The van der Waals surface area contributed by atoms with Crippen LogP contribution in [0.5, 0.6) is 0 Å². The largest absolute Gasteiger partial charge is 0.481 e. The smallest absolute Gasteiger partial charge is 0.316 e. The van der Waals surface area contributed by atoms with Gasteiger partial charge >= 0.3 is 5.97 Å². The number of aromatic amines is 1. The quantitative estimate of drug-likeness (QED) is 0.707. The van der Waals surface area contributed by atoms with Gasteiger partial charge in [0.05, 0.1) is 11.8 Å². The van der Waals surface area contributed by atoms with Crippen molar-refractivity contribution in [3.8, 4) is 0 Å². The van der Waals surface area contributed by atoms with E-state index in [0.717, 1.165) is 36.9 Å². The zero-order chi connectivity index (χ0) is 12.0. The molecule has 0 radical (unpaired) electrons. The molecule has 1 saturated carbocycles. The number of H-pyrrole nitrogens is 1. The molecule has 2 aliphatic carbocycles. The number of aliphatic carboxylic acids is 1. The van der Waals surface area contributed by atoms with Gasteiger partial charge in [-0.05, 0) is 44.1 Å². The highest BCUT2D eigenvalue weighted by atomic mass is 16.4. The van der Waals surface area contributed by atoms with Crippen LogP contribution in [0.4, 0.5) is 0 Å². The first-order valence-corrected chi connectivity index (χ1v) is 6.11. The molecule has 1 heterocycles. The first kappa shape index (κ1) is 10.8. The van der Waals surface area contributed by atoms with Gasteiger partial charge in [-0.25, -0.2) is 0 Å². The van der Waals surface area contributed by atoms with E-state index in [0.29, 0.717) is 18.5 Å². The van der Waals surface area contributed by atoms with Crippen LogP contribution in [0.1, 0.15) is 42.6 Å². The zero-order valence-corrected chi connectivity index (χ0v) is 9.57. The number of fused-ring (bicyclic) bond motifs is 1. The van der Waals surface area contributed by atoms with E-state index in [1.165, 1.54) is 0 Å². The Bertz CT molecular complexity index is 460. The molecule has 1 aromatic rings. The molecule has 5 nitrogen and oxygen atoms in total.